The summed E-state index contributed by atoms with van der Waals surface area (Å²) in [5.74, 6) is 0. The molecule has 0 saturated carbocycles. The number of hydrogen-bond donors (Lipinski definition) is 0. The Hall–Kier alpha value is -5.08. The molecule has 8 rings (SSSR count). The predicted octanol–water partition coefficient (Wildman–Crippen LogP) is 9.24. The zero-order chi connectivity index (χ0) is 43.6. The van der Waals surface area contributed by atoms with E-state index in [-0.39, 0.29) is 13.2 Å². The fraction of sp³-hybridized carbons (Fsp3) is 0.333. The number of hydrogen-bond acceptors (Lipinski definition) is 10. The first-order valence-electron chi connectivity index (χ1n) is 22.0. The van der Waals surface area contributed by atoms with Crippen LogP contribution in [-0.2, 0) is 87.0 Å². The molecule has 0 aliphatic carbocycles. The van der Waals surface area contributed by atoms with Crippen molar-refractivity contribution in [1.82, 2.24) is 0 Å². The first kappa shape index (κ1) is 45.5. The molecule has 6 aromatic carbocycles. The molecule has 0 N–H and O–H groups in total. The van der Waals surface area contributed by atoms with Crippen LogP contribution in [0, 0.1) is 0 Å². The molecule has 10 nitrogen and oxygen atoms in total. The molecule has 2 aliphatic heterocycles. The zero-order valence-electron chi connectivity index (χ0n) is 36.3. The highest BCUT2D eigenvalue weighted by Gasteiger charge is 2.50. The minimum Gasteiger partial charge on any atom is -0.368 e. The van der Waals surface area contributed by atoms with E-state index in [1.54, 1.807) is 7.11 Å². The van der Waals surface area contributed by atoms with Gasteiger partial charge in [0, 0.05) is 7.11 Å². The van der Waals surface area contributed by atoms with E-state index in [2.05, 4.69) is 0 Å². The third-order valence-electron chi connectivity index (χ3n) is 11.4. The Bertz CT molecular complexity index is 2170. The maximum absolute atomic E-state index is 6.85. The van der Waals surface area contributed by atoms with Gasteiger partial charge in [-0.2, -0.15) is 0 Å². The molecule has 2 fully saturated rings. The van der Waals surface area contributed by atoms with Crippen molar-refractivity contribution in [1.29, 1.82) is 0 Å². The lowest BCUT2D eigenvalue weighted by Crippen LogP contribution is -2.62. The van der Waals surface area contributed by atoms with Gasteiger partial charge >= 0.3 is 0 Å². The van der Waals surface area contributed by atoms with Gasteiger partial charge in [-0.1, -0.05) is 182 Å². The summed E-state index contributed by atoms with van der Waals surface area (Å²) in [4.78, 5) is 0. The second kappa shape index (κ2) is 24.3. The minimum atomic E-state index is -0.865. The Morgan fingerprint density at radius 3 is 1.08 bits per heavy atom. The fourth-order valence-corrected chi connectivity index (χ4v) is 7.98. The molecule has 0 amide bonds. The minimum absolute atomic E-state index is 0.0483. The largest absolute Gasteiger partial charge is 0.368 e. The summed E-state index contributed by atoms with van der Waals surface area (Å²) in [5, 5.41) is 0. The van der Waals surface area contributed by atoms with Crippen molar-refractivity contribution in [2.24, 2.45) is 0 Å². The van der Waals surface area contributed by atoms with Crippen LogP contribution in [0.5, 0.6) is 0 Å². The maximum atomic E-state index is 6.85. The molecule has 64 heavy (non-hydrogen) atoms. The van der Waals surface area contributed by atoms with Gasteiger partial charge in [-0.3, -0.25) is 0 Å². The van der Waals surface area contributed by atoms with Crippen LogP contribution in [0.15, 0.2) is 182 Å². The molecule has 10 heteroatoms. The van der Waals surface area contributed by atoms with Crippen LogP contribution in [-0.4, -0.2) is 75.6 Å². The number of methoxy groups -OCH3 is 1. The van der Waals surface area contributed by atoms with Gasteiger partial charge in [0.1, 0.15) is 42.7 Å². The van der Waals surface area contributed by atoms with Crippen LogP contribution in [0.25, 0.3) is 0 Å². The first-order valence-corrected chi connectivity index (χ1v) is 22.0. The van der Waals surface area contributed by atoms with E-state index >= 15 is 0 Å². The molecular weight excluding hydrogens is 809 g/mol. The molecule has 334 valence electrons. The van der Waals surface area contributed by atoms with Crippen molar-refractivity contribution in [3.63, 3.8) is 0 Å². The van der Waals surface area contributed by atoms with Crippen LogP contribution >= 0.6 is 0 Å². The second-order valence-electron chi connectivity index (χ2n) is 16.0. The van der Waals surface area contributed by atoms with Crippen LogP contribution in [0.1, 0.15) is 33.4 Å². The predicted molar refractivity (Wildman–Crippen MR) is 241 cm³/mol. The van der Waals surface area contributed by atoms with Crippen molar-refractivity contribution in [2.75, 3.05) is 20.3 Å². The maximum Gasteiger partial charge on any atom is 0.186 e. The van der Waals surface area contributed by atoms with Gasteiger partial charge in [-0.15, -0.1) is 0 Å². The van der Waals surface area contributed by atoms with E-state index in [4.69, 9.17) is 47.4 Å². The van der Waals surface area contributed by atoms with Crippen LogP contribution in [0.4, 0.5) is 0 Å². The zero-order valence-corrected chi connectivity index (χ0v) is 36.3. The summed E-state index contributed by atoms with van der Waals surface area (Å²) in [7, 11) is 1.61. The number of ether oxygens (including phenoxy) is 10. The van der Waals surface area contributed by atoms with E-state index in [0.29, 0.717) is 39.6 Å². The number of rotatable bonds is 22. The molecule has 0 spiro atoms. The molecule has 2 aliphatic rings. The molecule has 6 aromatic rings. The molecule has 2 heterocycles. The van der Waals surface area contributed by atoms with Gasteiger partial charge in [0.25, 0.3) is 0 Å². The summed E-state index contributed by atoms with van der Waals surface area (Å²) >= 11 is 0. The van der Waals surface area contributed by atoms with E-state index in [1.807, 2.05) is 182 Å². The molecule has 0 aromatic heterocycles. The Balaban J connectivity index is 1.07. The quantitative estimate of drug-likeness (QED) is 0.0658. The van der Waals surface area contributed by atoms with Gasteiger partial charge in [-0.25, -0.2) is 0 Å². The lowest BCUT2D eigenvalue weighted by molar-refractivity contribution is -0.340. The normalized spacial score (nSPS) is 24.6. The molecular formula is C54H58O10. The Morgan fingerprint density at radius 2 is 0.688 bits per heavy atom. The highest BCUT2D eigenvalue weighted by Crippen LogP contribution is 2.33. The smallest absolute Gasteiger partial charge is 0.186 e. The van der Waals surface area contributed by atoms with Crippen LogP contribution in [0.3, 0.4) is 0 Å². The van der Waals surface area contributed by atoms with Gasteiger partial charge in [0.15, 0.2) is 12.6 Å². The summed E-state index contributed by atoms with van der Waals surface area (Å²) in [5.41, 5.74) is 6.10. The first-order chi connectivity index (χ1) is 31.7. The molecule has 0 radical (unpaired) electrons. The molecule has 0 bridgehead atoms. The second-order valence-corrected chi connectivity index (χ2v) is 16.0. The van der Waals surface area contributed by atoms with Gasteiger partial charge in [0.05, 0.1) is 52.9 Å². The van der Waals surface area contributed by atoms with Crippen molar-refractivity contribution >= 4 is 0 Å². The van der Waals surface area contributed by atoms with Crippen LogP contribution < -0.4 is 0 Å². The van der Waals surface area contributed by atoms with Crippen molar-refractivity contribution in [3.8, 4) is 0 Å². The monoisotopic (exact) mass is 866 g/mol. The standard InChI is InChI=1S/C54H58O10/c1-55-53-52(61-37-45-30-18-7-19-31-45)50(59-35-43-26-14-5-15-27-43)49(58-34-42-24-12-4-13-25-42)47(64-53)39-63-54-51(60-36-44-28-16-6-17-29-44)48(57-33-41-22-10-3-11-23-41)46(38-62-54)56-32-40-20-8-2-9-21-40/h2-31,46-54H,32-39H2,1H3/t46-,47-,48+,49-,50+,51-,52-,53+,54-/m1/s1. The third-order valence-corrected chi connectivity index (χ3v) is 11.4. The fourth-order valence-electron chi connectivity index (χ4n) is 7.98. The van der Waals surface area contributed by atoms with Gasteiger partial charge in [-0.05, 0) is 33.4 Å². The summed E-state index contributed by atoms with van der Waals surface area (Å²) in [6.45, 7) is 2.22. The van der Waals surface area contributed by atoms with E-state index in [9.17, 15) is 0 Å². The van der Waals surface area contributed by atoms with Gasteiger partial charge in [0.2, 0.25) is 0 Å². The van der Waals surface area contributed by atoms with Crippen molar-refractivity contribution < 1.29 is 47.4 Å². The summed E-state index contributed by atoms with van der Waals surface area (Å²) < 4.78 is 66.7. The highest BCUT2D eigenvalue weighted by molar-refractivity contribution is 5.18. The SMILES string of the molecule is CO[C@H]1O[C@H](CO[C@H]2OC[C@@H](OCc3ccccc3)[C@H](OCc3ccccc3)[C@H]2OCc2ccccc2)[C@@H](OCc2ccccc2)[C@H](OCc2ccccc2)[C@H]1OCc1ccccc1. The average Bonchev–Trinajstić information content (AvgIpc) is 3.36. The highest BCUT2D eigenvalue weighted by atomic mass is 16.7. The number of benzene rings is 6. The van der Waals surface area contributed by atoms with E-state index in [1.165, 1.54) is 0 Å². The van der Waals surface area contributed by atoms with E-state index in [0.717, 1.165) is 33.4 Å². The summed E-state index contributed by atoms with van der Waals surface area (Å²) in [6, 6.07) is 60.3. The Kier molecular flexibility index (Phi) is 17.3. The van der Waals surface area contributed by atoms with Crippen LogP contribution in [0.2, 0.25) is 0 Å². The van der Waals surface area contributed by atoms with E-state index < -0.39 is 55.3 Å². The van der Waals surface area contributed by atoms with Gasteiger partial charge < -0.3 is 47.4 Å². The topological polar surface area (TPSA) is 92.3 Å². The Labute approximate surface area is 376 Å². The summed E-state index contributed by atoms with van der Waals surface area (Å²) in [6.07, 6.45) is -6.03. The average molecular weight is 867 g/mol. The molecule has 2 saturated heterocycles. The van der Waals surface area contributed by atoms with Crippen molar-refractivity contribution in [2.45, 2.75) is 94.9 Å². The molecule has 9 atom stereocenters. The van der Waals surface area contributed by atoms with Crippen molar-refractivity contribution in [3.05, 3.63) is 215 Å². The lowest BCUT2D eigenvalue weighted by Gasteiger charge is -2.46. The Morgan fingerprint density at radius 1 is 0.359 bits per heavy atom. The molecule has 0 unspecified atom stereocenters. The third kappa shape index (κ3) is 13.0. The lowest BCUT2D eigenvalue weighted by atomic mass is 9.97.